The maximum Gasteiger partial charge on any atom is 0.319 e. The van der Waals surface area contributed by atoms with Crippen LogP contribution < -0.4 is 20.7 Å². The van der Waals surface area contributed by atoms with E-state index < -0.39 is 0 Å². The summed E-state index contributed by atoms with van der Waals surface area (Å²) in [6.07, 6.45) is 0. The zero-order valence-electron chi connectivity index (χ0n) is 19.1. The van der Waals surface area contributed by atoms with Crippen LogP contribution in [0.2, 0.25) is 0 Å². The fourth-order valence-electron chi connectivity index (χ4n) is 3.47. The molecule has 2 aromatic rings. The molecule has 7 nitrogen and oxygen atoms in total. The summed E-state index contributed by atoms with van der Waals surface area (Å²) in [6.45, 7) is 10.1. The van der Waals surface area contributed by atoms with Gasteiger partial charge in [0.25, 0.3) is 5.91 Å². The molecule has 1 atom stereocenters. The minimum Gasteiger partial charge on any atom is -0.497 e. The molecule has 0 spiro atoms. The highest BCUT2D eigenvalue weighted by Gasteiger charge is 2.21. The van der Waals surface area contributed by atoms with Gasteiger partial charge in [-0.15, -0.1) is 0 Å². The molecular weight excluding hydrogens is 392 g/mol. The van der Waals surface area contributed by atoms with Gasteiger partial charge < -0.3 is 20.7 Å². The number of para-hydroxylation sites is 1. The van der Waals surface area contributed by atoms with Gasteiger partial charge in [-0.25, -0.2) is 4.79 Å². The van der Waals surface area contributed by atoms with Crippen LogP contribution in [0.1, 0.15) is 49.7 Å². The van der Waals surface area contributed by atoms with Crippen LogP contribution in [0.5, 0.6) is 5.75 Å². The Morgan fingerprint density at radius 3 is 2.39 bits per heavy atom. The molecule has 3 amide bonds. The second-order valence-corrected chi connectivity index (χ2v) is 7.52. The van der Waals surface area contributed by atoms with Crippen LogP contribution >= 0.6 is 0 Å². The molecule has 1 unspecified atom stereocenters. The van der Waals surface area contributed by atoms with Crippen molar-refractivity contribution in [2.24, 2.45) is 0 Å². The number of nitrogens with one attached hydrogen (secondary N) is 3. The van der Waals surface area contributed by atoms with E-state index in [4.69, 9.17) is 4.74 Å². The summed E-state index contributed by atoms with van der Waals surface area (Å²) in [4.78, 5) is 27.4. The number of hydrogen-bond acceptors (Lipinski definition) is 4. The third-order valence-electron chi connectivity index (χ3n) is 5.03. The van der Waals surface area contributed by atoms with Crippen molar-refractivity contribution in [1.29, 1.82) is 0 Å². The Bertz CT molecular complexity index is 865. The predicted molar refractivity (Wildman–Crippen MR) is 125 cm³/mol. The topological polar surface area (TPSA) is 82.7 Å². The Morgan fingerprint density at radius 2 is 1.74 bits per heavy atom. The zero-order chi connectivity index (χ0) is 22.8. The summed E-state index contributed by atoms with van der Waals surface area (Å²) < 4.78 is 5.38. The van der Waals surface area contributed by atoms with E-state index in [0.717, 1.165) is 24.4 Å². The number of rotatable bonds is 10. The number of ether oxygens (including phenoxy) is 1. The highest BCUT2D eigenvalue weighted by molar-refractivity contribution is 6.03. The number of likely N-dealkylation sites (N-methyl/N-ethyl adjacent to an activating group) is 1. The Morgan fingerprint density at radius 1 is 1.03 bits per heavy atom. The first kappa shape index (κ1) is 24.2. The largest absolute Gasteiger partial charge is 0.497 e. The van der Waals surface area contributed by atoms with E-state index in [0.29, 0.717) is 17.8 Å². The monoisotopic (exact) mass is 426 g/mol. The fourth-order valence-corrected chi connectivity index (χ4v) is 3.47. The molecule has 0 radical (unpaired) electrons. The molecule has 2 aromatic carbocycles. The maximum absolute atomic E-state index is 13.0. The number of urea groups is 1. The van der Waals surface area contributed by atoms with E-state index in [2.05, 4.69) is 34.7 Å². The number of hydrogen-bond donors (Lipinski definition) is 3. The van der Waals surface area contributed by atoms with Gasteiger partial charge in [0.05, 0.1) is 24.4 Å². The number of carbonyl (C=O) groups is 2. The minimum absolute atomic E-state index is 0.00122. The highest BCUT2D eigenvalue weighted by atomic mass is 16.5. The molecule has 3 N–H and O–H groups in total. The minimum atomic E-state index is -0.340. The van der Waals surface area contributed by atoms with E-state index in [-0.39, 0.29) is 24.0 Å². The molecule has 0 aliphatic rings. The van der Waals surface area contributed by atoms with Gasteiger partial charge in [-0.1, -0.05) is 38.1 Å². The summed E-state index contributed by atoms with van der Waals surface area (Å²) in [5.74, 6) is 0.548. The third-order valence-corrected chi connectivity index (χ3v) is 5.03. The van der Waals surface area contributed by atoms with Crippen molar-refractivity contribution < 1.29 is 14.3 Å². The lowest BCUT2D eigenvalue weighted by Crippen LogP contribution is -2.38. The van der Waals surface area contributed by atoms with Gasteiger partial charge in [0.1, 0.15) is 5.75 Å². The molecule has 0 bridgehead atoms. The molecule has 0 saturated heterocycles. The van der Waals surface area contributed by atoms with Crippen molar-refractivity contribution in [3.8, 4) is 5.75 Å². The number of amides is 3. The quantitative estimate of drug-likeness (QED) is 0.536. The van der Waals surface area contributed by atoms with Crippen LogP contribution in [0, 0.1) is 0 Å². The lowest BCUT2D eigenvalue weighted by Gasteiger charge is -2.30. The lowest BCUT2D eigenvalue weighted by molar-refractivity contribution is 0.0936. The molecule has 0 aliphatic carbocycles. The van der Waals surface area contributed by atoms with E-state index in [1.807, 2.05) is 38.1 Å². The average Bonchev–Trinajstić information content (AvgIpc) is 2.76. The zero-order valence-corrected chi connectivity index (χ0v) is 19.1. The Balaban J connectivity index is 2.18. The number of nitrogens with zero attached hydrogens (tertiary/aromatic N) is 1. The smallest absolute Gasteiger partial charge is 0.319 e. The SMILES string of the molecule is CCN(CC)C(CNC(=O)c1ccccc1NC(=O)NC(C)C)c1cccc(OC)c1. The van der Waals surface area contributed by atoms with Crippen molar-refractivity contribution in [3.05, 3.63) is 59.7 Å². The first-order valence-corrected chi connectivity index (χ1v) is 10.7. The van der Waals surface area contributed by atoms with Crippen molar-refractivity contribution in [2.75, 3.05) is 32.1 Å². The standard InChI is InChI=1S/C24H34N4O3/c1-6-28(7-2)22(18-11-10-12-19(15-18)31-5)16-25-23(29)20-13-8-9-14-21(20)27-24(30)26-17(3)4/h8-15,17,22H,6-7,16H2,1-5H3,(H,25,29)(H2,26,27,30). The second-order valence-electron chi connectivity index (χ2n) is 7.52. The Hall–Kier alpha value is -3.06. The number of carbonyl (C=O) groups excluding carboxylic acids is 2. The molecule has 0 fully saturated rings. The van der Waals surface area contributed by atoms with Crippen molar-refractivity contribution >= 4 is 17.6 Å². The van der Waals surface area contributed by atoms with Crippen LogP contribution in [0.15, 0.2) is 48.5 Å². The van der Waals surface area contributed by atoms with E-state index in [9.17, 15) is 9.59 Å². The van der Waals surface area contributed by atoms with Crippen LogP contribution in [-0.2, 0) is 0 Å². The normalized spacial score (nSPS) is 11.8. The second kappa shape index (κ2) is 12.0. The van der Waals surface area contributed by atoms with Gasteiger partial charge >= 0.3 is 6.03 Å². The third kappa shape index (κ3) is 7.00. The average molecular weight is 427 g/mol. The summed E-state index contributed by atoms with van der Waals surface area (Å²) in [7, 11) is 1.65. The van der Waals surface area contributed by atoms with Crippen LogP contribution in [0.25, 0.3) is 0 Å². The van der Waals surface area contributed by atoms with Gasteiger partial charge in [0.2, 0.25) is 0 Å². The van der Waals surface area contributed by atoms with E-state index in [1.165, 1.54) is 0 Å². The molecule has 2 rings (SSSR count). The number of anilines is 1. The van der Waals surface area contributed by atoms with Crippen LogP contribution in [0.3, 0.4) is 0 Å². The van der Waals surface area contributed by atoms with Gasteiger partial charge in [-0.2, -0.15) is 0 Å². The molecule has 0 aliphatic heterocycles. The van der Waals surface area contributed by atoms with Crippen molar-refractivity contribution in [1.82, 2.24) is 15.5 Å². The van der Waals surface area contributed by atoms with Gasteiger partial charge in [0, 0.05) is 12.6 Å². The van der Waals surface area contributed by atoms with Gasteiger partial charge in [-0.3, -0.25) is 9.69 Å². The molecule has 31 heavy (non-hydrogen) atoms. The van der Waals surface area contributed by atoms with E-state index >= 15 is 0 Å². The van der Waals surface area contributed by atoms with Crippen LogP contribution in [0.4, 0.5) is 10.5 Å². The summed E-state index contributed by atoms with van der Waals surface area (Å²) in [5, 5.41) is 8.58. The molecule has 0 saturated carbocycles. The summed E-state index contributed by atoms with van der Waals surface area (Å²) in [6, 6.07) is 14.6. The van der Waals surface area contributed by atoms with Crippen molar-refractivity contribution in [3.63, 3.8) is 0 Å². The number of benzene rings is 2. The van der Waals surface area contributed by atoms with Gasteiger partial charge in [-0.05, 0) is 56.8 Å². The molecule has 0 heterocycles. The van der Waals surface area contributed by atoms with E-state index in [1.54, 1.807) is 31.4 Å². The maximum atomic E-state index is 13.0. The summed E-state index contributed by atoms with van der Waals surface area (Å²) in [5.41, 5.74) is 1.97. The lowest BCUT2D eigenvalue weighted by atomic mass is 10.0. The molecule has 0 aromatic heterocycles. The highest BCUT2D eigenvalue weighted by Crippen LogP contribution is 2.24. The van der Waals surface area contributed by atoms with Gasteiger partial charge in [0.15, 0.2) is 0 Å². The van der Waals surface area contributed by atoms with Crippen LogP contribution in [-0.4, -0.2) is 49.6 Å². The Labute approximate surface area is 185 Å². The fraction of sp³-hybridized carbons (Fsp3) is 0.417. The van der Waals surface area contributed by atoms with Crippen molar-refractivity contribution in [2.45, 2.75) is 39.8 Å². The first-order chi connectivity index (χ1) is 14.9. The molecule has 168 valence electrons. The molecular formula is C24H34N4O3. The molecule has 7 heteroatoms. The summed E-state index contributed by atoms with van der Waals surface area (Å²) >= 11 is 0. The number of methoxy groups -OCH3 is 1. The first-order valence-electron chi connectivity index (χ1n) is 10.7. The Kier molecular flexibility index (Phi) is 9.34. The predicted octanol–water partition coefficient (Wildman–Crippen LogP) is 4.04.